The van der Waals surface area contributed by atoms with Crippen molar-refractivity contribution in [2.75, 3.05) is 5.73 Å². The van der Waals surface area contributed by atoms with Gasteiger partial charge in [0.15, 0.2) is 0 Å². The van der Waals surface area contributed by atoms with Crippen molar-refractivity contribution >= 4 is 5.69 Å². The van der Waals surface area contributed by atoms with Crippen LogP contribution in [0, 0.1) is 13.8 Å². The van der Waals surface area contributed by atoms with Crippen LogP contribution in [-0.4, -0.2) is 0 Å². The molecule has 0 aliphatic carbocycles. The van der Waals surface area contributed by atoms with Crippen molar-refractivity contribution in [3.05, 3.63) is 52.6 Å². The highest BCUT2D eigenvalue weighted by atomic mass is 14.5. The van der Waals surface area contributed by atoms with E-state index in [1.165, 1.54) is 33.4 Å². The maximum absolute atomic E-state index is 5.84. The van der Waals surface area contributed by atoms with Crippen molar-refractivity contribution in [1.82, 2.24) is 0 Å². The molecule has 0 amide bonds. The van der Waals surface area contributed by atoms with Crippen LogP contribution in [0.4, 0.5) is 5.69 Å². The fourth-order valence-electron chi connectivity index (χ4n) is 3.41. The molecule has 2 aromatic rings. The molecule has 0 aromatic heterocycles. The lowest BCUT2D eigenvalue weighted by molar-refractivity contribution is 0.828. The molecule has 0 radical (unpaired) electrons. The highest BCUT2D eigenvalue weighted by Crippen LogP contribution is 2.38. The van der Waals surface area contributed by atoms with Crippen LogP contribution in [0.2, 0.25) is 0 Å². The number of benzene rings is 2. The van der Waals surface area contributed by atoms with Crippen molar-refractivity contribution in [3.63, 3.8) is 0 Å². The van der Waals surface area contributed by atoms with E-state index in [0.29, 0.717) is 11.8 Å². The SMILES string of the molecule is Cc1cc(C(C)C)c(-c2ccc(N)cc2)c(C)c1C(C)C. The molecule has 1 heteroatoms. The summed E-state index contributed by atoms with van der Waals surface area (Å²) < 4.78 is 0. The summed E-state index contributed by atoms with van der Waals surface area (Å²) in [6.07, 6.45) is 0. The molecule has 0 atom stereocenters. The van der Waals surface area contributed by atoms with Gasteiger partial charge in [-0.25, -0.2) is 0 Å². The standard InChI is InChI=1S/C20H27N/c1-12(2)18-11-14(5)19(13(3)4)15(6)20(18)16-7-9-17(21)10-8-16/h7-13H,21H2,1-6H3. The van der Waals surface area contributed by atoms with Gasteiger partial charge in [0.25, 0.3) is 0 Å². The highest BCUT2D eigenvalue weighted by Gasteiger charge is 2.18. The Hall–Kier alpha value is -1.76. The Kier molecular flexibility index (Phi) is 4.41. The number of hydrogen-bond donors (Lipinski definition) is 1. The number of nitrogen functional groups attached to an aromatic ring is 1. The largest absolute Gasteiger partial charge is 0.399 e. The molecular formula is C20H27N. The Bertz CT molecular complexity index is 634. The second-order valence-electron chi connectivity index (χ2n) is 6.63. The molecule has 0 bridgehead atoms. The summed E-state index contributed by atoms with van der Waals surface area (Å²) in [5, 5.41) is 0. The van der Waals surface area contributed by atoms with Gasteiger partial charge in [-0.2, -0.15) is 0 Å². The lowest BCUT2D eigenvalue weighted by atomic mass is 9.81. The predicted molar refractivity (Wildman–Crippen MR) is 93.9 cm³/mol. The van der Waals surface area contributed by atoms with Crippen LogP contribution >= 0.6 is 0 Å². The Balaban J connectivity index is 2.78. The average Bonchev–Trinajstić information content (AvgIpc) is 2.39. The van der Waals surface area contributed by atoms with Crippen LogP contribution in [0.5, 0.6) is 0 Å². The molecule has 0 unspecified atom stereocenters. The first kappa shape index (κ1) is 15.6. The first-order valence-corrected chi connectivity index (χ1v) is 7.82. The van der Waals surface area contributed by atoms with Crippen molar-refractivity contribution in [2.24, 2.45) is 0 Å². The van der Waals surface area contributed by atoms with Crippen molar-refractivity contribution in [3.8, 4) is 11.1 Å². The zero-order valence-electron chi connectivity index (χ0n) is 14.1. The Morgan fingerprint density at radius 2 is 1.43 bits per heavy atom. The first-order chi connectivity index (χ1) is 9.82. The van der Waals surface area contributed by atoms with Gasteiger partial charge >= 0.3 is 0 Å². The van der Waals surface area contributed by atoms with Crippen LogP contribution in [0.25, 0.3) is 11.1 Å². The third-order valence-corrected chi connectivity index (χ3v) is 4.26. The normalized spacial score (nSPS) is 11.4. The fourth-order valence-corrected chi connectivity index (χ4v) is 3.41. The molecule has 2 N–H and O–H groups in total. The van der Waals surface area contributed by atoms with Gasteiger partial charge in [0.05, 0.1) is 0 Å². The van der Waals surface area contributed by atoms with Gasteiger partial charge in [-0.1, -0.05) is 45.9 Å². The maximum atomic E-state index is 5.84. The minimum atomic E-state index is 0.510. The van der Waals surface area contributed by atoms with Gasteiger partial charge in [0.2, 0.25) is 0 Å². The molecule has 0 aliphatic heterocycles. The van der Waals surface area contributed by atoms with E-state index >= 15 is 0 Å². The summed E-state index contributed by atoms with van der Waals surface area (Å²) in [4.78, 5) is 0. The van der Waals surface area contributed by atoms with Gasteiger partial charge in [0.1, 0.15) is 0 Å². The van der Waals surface area contributed by atoms with Gasteiger partial charge in [-0.3, -0.25) is 0 Å². The maximum Gasteiger partial charge on any atom is 0.0314 e. The Morgan fingerprint density at radius 1 is 0.857 bits per heavy atom. The lowest BCUT2D eigenvalue weighted by Gasteiger charge is -2.23. The summed E-state index contributed by atoms with van der Waals surface area (Å²) in [7, 11) is 0. The fraction of sp³-hybridized carbons (Fsp3) is 0.400. The molecule has 2 rings (SSSR count). The van der Waals surface area contributed by atoms with Gasteiger partial charge in [-0.15, -0.1) is 0 Å². The summed E-state index contributed by atoms with van der Waals surface area (Å²) in [6.45, 7) is 13.6. The van der Waals surface area contributed by atoms with Gasteiger partial charge in [-0.05, 0) is 71.2 Å². The van der Waals surface area contributed by atoms with Crippen LogP contribution in [0.3, 0.4) is 0 Å². The number of anilines is 1. The number of hydrogen-bond acceptors (Lipinski definition) is 1. The zero-order valence-corrected chi connectivity index (χ0v) is 14.1. The van der Waals surface area contributed by atoms with Crippen LogP contribution in [0.15, 0.2) is 30.3 Å². The first-order valence-electron chi connectivity index (χ1n) is 7.82. The average molecular weight is 281 g/mol. The predicted octanol–water partition coefficient (Wildman–Crippen LogP) is 5.80. The third kappa shape index (κ3) is 2.97. The number of nitrogens with two attached hydrogens (primary N) is 1. The molecular weight excluding hydrogens is 254 g/mol. The minimum Gasteiger partial charge on any atom is -0.399 e. The molecule has 112 valence electrons. The van der Waals surface area contributed by atoms with E-state index < -0.39 is 0 Å². The Morgan fingerprint density at radius 3 is 1.90 bits per heavy atom. The summed E-state index contributed by atoms with van der Waals surface area (Å²) >= 11 is 0. The quantitative estimate of drug-likeness (QED) is 0.707. The Labute approximate surface area is 129 Å². The van der Waals surface area contributed by atoms with Crippen molar-refractivity contribution in [1.29, 1.82) is 0 Å². The van der Waals surface area contributed by atoms with Crippen LogP contribution in [-0.2, 0) is 0 Å². The van der Waals surface area contributed by atoms with Gasteiger partial charge in [0, 0.05) is 5.69 Å². The zero-order chi connectivity index (χ0) is 15.7. The molecule has 21 heavy (non-hydrogen) atoms. The third-order valence-electron chi connectivity index (χ3n) is 4.26. The molecule has 0 saturated heterocycles. The minimum absolute atomic E-state index is 0.510. The molecule has 0 saturated carbocycles. The highest BCUT2D eigenvalue weighted by molar-refractivity contribution is 5.75. The van der Waals surface area contributed by atoms with E-state index in [-0.39, 0.29) is 0 Å². The summed E-state index contributed by atoms with van der Waals surface area (Å²) in [5.41, 5.74) is 15.1. The van der Waals surface area contributed by atoms with E-state index in [0.717, 1.165) is 5.69 Å². The van der Waals surface area contributed by atoms with Crippen molar-refractivity contribution in [2.45, 2.75) is 53.4 Å². The second kappa shape index (κ2) is 5.93. The van der Waals surface area contributed by atoms with E-state index in [2.05, 4.69) is 59.7 Å². The molecule has 0 aliphatic rings. The molecule has 0 fully saturated rings. The molecule has 0 spiro atoms. The monoisotopic (exact) mass is 281 g/mol. The number of rotatable bonds is 3. The van der Waals surface area contributed by atoms with E-state index in [1.54, 1.807) is 0 Å². The van der Waals surface area contributed by atoms with Crippen LogP contribution < -0.4 is 5.73 Å². The topological polar surface area (TPSA) is 26.0 Å². The van der Waals surface area contributed by atoms with Gasteiger partial charge < -0.3 is 5.73 Å². The summed E-state index contributed by atoms with van der Waals surface area (Å²) in [5.74, 6) is 1.05. The lowest BCUT2D eigenvalue weighted by Crippen LogP contribution is -2.04. The van der Waals surface area contributed by atoms with E-state index in [4.69, 9.17) is 5.73 Å². The summed E-state index contributed by atoms with van der Waals surface area (Å²) in [6, 6.07) is 10.6. The van der Waals surface area contributed by atoms with Crippen LogP contribution in [0.1, 0.15) is 61.8 Å². The molecule has 0 heterocycles. The molecule has 2 aromatic carbocycles. The smallest absolute Gasteiger partial charge is 0.0314 e. The number of aryl methyl sites for hydroxylation is 1. The van der Waals surface area contributed by atoms with Crippen molar-refractivity contribution < 1.29 is 0 Å². The van der Waals surface area contributed by atoms with E-state index in [1.807, 2.05) is 12.1 Å². The van der Waals surface area contributed by atoms with E-state index in [9.17, 15) is 0 Å². The molecule has 1 nitrogen and oxygen atoms in total. The second-order valence-corrected chi connectivity index (χ2v) is 6.63.